The lowest BCUT2D eigenvalue weighted by molar-refractivity contribution is -0.0459. The van der Waals surface area contributed by atoms with E-state index in [1.54, 1.807) is 0 Å². The molecule has 0 spiro atoms. The molecule has 1 saturated heterocycles. The van der Waals surface area contributed by atoms with Gasteiger partial charge in [0.2, 0.25) is 0 Å². The summed E-state index contributed by atoms with van der Waals surface area (Å²) in [7, 11) is 0. The summed E-state index contributed by atoms with van der Waals surface area (Å²) in [5.74, 6) is 5.64. The van der Waals surface area contributed by atoms with Crippen molar-refractivity contribution in [1.82, 2.24) is 9.55 Å². The van der Waals surface area contributed by atoms with Gasteiger partial charge in [-0.1, -0.05) is 78.6 Å². The number of aliphatic hydroxyl groups excluding tert-OH is 2. The van der Waals surface area contributed by atoms with Gasteiger partial charge in [-0.2, -0.15) is 0 Å². The molecular weight excluding hydrogens is 520 g/mol. The van der Waals surface area contributed by atoms with Gasteiger partial charge in [-0.05, 0) is 48.7 Å². The van der Waals surface area contributed by atoms with Crippen molar-refractivity contribution in [2.24, 2.45) is 0 Å². The number of ether oxygens (including phenoxy) is 2. The Morgan fingerprint density at radius 1 is 0.927 bits per heavy atom. The first-order chi connectivity index (χ1) is 20.0. The number of rotatable bonds is 5. The molecule has 3 N–H and O–H groups in total. The summed E-state index contributed by atoms with van der Waals surface area (Å²) >= 11 is 0. The Morgan fingerprint density at radius 3 is 2.34 bits per heavy atom. The van der Waals surface area contributed by atoms with E-state index in [-0.39, 0.29) is 25.2 Å². The highest BCUT2D eigenvalue weighted by atomic mass is 16.5. The molecule has 0 bridgehead atoms. The van der Waals surface area contributed by atoms with Gasteiger partial charge in [0.1, 0.15) is 24.5 Å². The van der Waals surface area contributed by atoms with Crippen molar-refractivity contribution in [3.63, 3.8) is 0 Å². The minimum Gasteiger partial charge on any atom is -0.394 e. The number of nitrogens with one attached hydrogen (secondary N) is 1. The number of benzene rings is 5. The van der Waals surface area contributed by atoms with E-state index < -0.39 is 29.7 Å². The second kappa shape index (κ2) is 10.1. The smallest absolute Gasteiger partial charge is 0.330 e. The molecule has 3 atom stereocenters. The Labute approximate surface area is 233 Å². The first-order valence-electron chi connectivity index (χ1n) is 13.5. The van der Waals surface area contributed by atoms with E-state index in [1.165, 1.54) is 48.5 Å². The summed E-state index contributed by atoms with van der Waals surface area (Å²) in [4.78, 5) is 26.9. The molecule has 204 valence electrons. The van der Waals surface area contributed by atoms with Crippen LogP contribution in [0.3, 0.4) is 0 Å². The molecule has 6 aromatic rings. The number of hydrogen-bond donors (Lipinski definition) is 3. The Kier molecular flexibility index (Phi) is 6.30. The molecule has 5 aromatic carbocycles. The van der Waals surface area contributed by atoms with Gasteiger partial charge in [-0.15, -0.1) is 0 Å². The van der Waals surface area contributed by atoms with Crippen LogP contribution in [0.1, 0.15) is 23.8 Å². The number of aliphatic hydroxyl groups is 2. The maximum atomic E-state index is 12.3. The maximum absolute atomic E-state index is 12.3. The highest BCUT2D eigenvalue weighted by Gasteiger charge is 2.35. The molecule has 1 unspecified atom stereocenters. The highest BCUT2D eigenvalue weighted by Crippen LogP contribution is 2.41. The lowest BCUT2D eigenvalue weighted by Crippen LogP contribution is -2.33. The molecule has 0 radical (unpaired) electrons. The summed E-state index contributed by atoms with van der Waals surface area (Å²) in [6.45, 7) is 0.0460. The fourth-order valence-electron chi connectivity index (χ4n) is 6.01. The van der Waals surface area contributed by atoms with E-state index in [2.05, 4.69) is 83.6 Å². The van der Waals surface area contributed by atoms with Crippen molar-refractivity contribution in [3.05, 3.63) is 105 Å². The molecule has 0 amide bonds. The third kappa shape index (κ3) is 4.27. The zero-order valence-electron chi connectivity index (χ0n) is 22.0. The van der Waals surface area contributed by atoms with Crippen LogP contribution in [-0.2, 0) is 16.1 Å². The molecule has 7 rings (SSSR count). The van der Waals surface area contributed by atoms with E-state index in [0.717, 1.165) is 10.9 Å². The van der Waals surface area contributed by atoms with Crippen molar-refractivity contribution >= 4 is 43.1 Å². The molecule has 1 aliphatic heterocycles. The Hall–Kier alpha value is -4.52. The summed E-state index contributed by atoms with van der Waals surface area (Å²) in [5, 5.41) is 29.1. The van der Waals surface area contributed by atoms with E-state index in [1.807, 2.05) is 0 Å². The molecule has 0 aliphatic carbocycles. The van der Waals surface area contributed by atoms with Crippen LogP contribution in [0.5, 0.6) is 0 Å². The predicted molar refractivity (Wildman–Crippen MR) is 157 cm³/mol. The second-order valence-electron chi connectivity index (χ2n) is 10.3. The van der Waals surface area contributed by atoms with Gasteiger partial charge >= 0.3 is 5.69 Å². The van der Waals surface area contributed by atoms with Crippen LogP contribution < -0.4 is 11.2 Å². The molecule has 1 aliphatic rings. The third-order valence-electron chi connectivity index (χ3n) is 7.93. The lowest BCUT2D eigenvalue weighted by atomic mass is 9.88. The topological polar surface area (TPSA) is 114 Å². The summed E-state index contributed by atoms with van der Waals surface area (Å²) in [5.41, 5.74) is -0.168. The number of H-pyrrole nitrogens is 1. The third-order valence-corrected chi connectivity index (χ3v) is 7.93. The zero-order valence-corrected chi connectivity index (χ0v) is 22.0. The van der Waals surface area contributed by atoms with Gasteiger partial charge in [-0.25, -0.2) is 4.79 Å². The molecule has 41 heavy (non-hydrogen) atoms. The Morgan fingerprint density at radius 2 is 1.61 bits per heavy atom. The van der Waals surface area contributed by atoms with Gasteiger partial charge in [-0.3, -0.25) is 14.3 Å². The quantitative estimate of drug-likeness (QED) is 0.131. The summed E-state index contributed by atoms with van der Waals surface area (Å²) in [6.07, 6.45) is -1.08. The normalized spacial score (nSPS) is 18.9. The van der Waals surface area contributed by atoms with Crippen LogP contribution in [0.15, 0.2) is 82.5 Å². The summed E-state index contributed by atoms with van der Waals surface area (Å²) in [6, 6.07) is 23.5. The van der Waals surface area contributed by atoms with Crippen molar-refractivity contribution in [2.75, 3.05) is 13.2 Å². The first kappa shape index (κ1) is 25.4. The van der Waals surface area contributed by atoms with Crippen molar-refractivity contribution in [2.45, 2.75) is 31.5 Å². The molecule has 0 saturated carbocycles. The first-order valence-corrected chi connectivity index (χ1v) is 13.5. The van der Waals surface area contributed by atoms with Crippen LogP contribution >= 0.6 is 0 Å². The highest BCUT2D eigenvalue weighted by molar-refractivity contribution is 6.33. The number of aromatic nitrogens is 2. The van der Waals surface area contributed by atoms with E-state index in [4.69, 9.17) is 9.47 Å². The van der Waals surface area contributed by atoms with Crippen LogP contribution in [0.4, 0.5) is 0 Å². The van der Waals surface area contributed by atoms with E-state index >= 15 is 0 Å². The Balaban J connectivity index is 1.14. The van der Waals surface area contributed by atoms with Gasteiger partial charge in [0.05, 0.1) is 19.3 Å². The Bertz CT molecular complexity index is 2070. The molecule has 8 nitrogen and oxygen atoms in total. The number of nitrogens with zero attached hydrogens (tertiary/aromatic N) is 1. The largest absolute Gasteiger partial charge is 0.394 e. The second-order valence-corrected chi connectivity index (χ2v) is 10.3. The molecule has 2 heterocycles. The van der Waals surface area contributed by atoms with Crippen LogP contribution in [-0.4, -0.2) is 45.2 Å². The van der Waals surface area contributed by atoms with Crippen molar-refractivity contribution in [1.29, 1.82) is 0 Å². The molecule has 1 aromatic heterocycles. The predicted octanol–water partition coefficient (Wildman–Crippen LogP) is 3.80. The van der Waals surface area contributed by atoms with Gasteiger partial charge in [0.25, 0.3) is 5.56 Å². The van der Waals surface area contributed by atoms with E-state index in [0.29, 0.717) is 6.61 Å². The average Bonchev–Trinajstić information content (AvgIpc) is 3.37. The molecular formula is C33H26N2O6. The van der Waals surface area contributed by atoms with Crippen molar-refractivity contribution < 1.29 is 19.7 Å². The SMILES string of the molecule is O=c1[nH]c(=O)n([C@@H]2CC(O)[C@H](CO)O2)cc1C#CCOCc1ccc2c3cccc4cccc(c5cccc1c52)c43. The van der Waals surface area contributed by atoms with Gasteiger partial charge in [0.15, 0.2) is 0 Å². The summed E-state index contributed by atoms with van der Waals surface area (Å²) < 4.78 is 12.6. The van der Waals surface area contributed by atoms with Crippen LogP contribution in [0.25, 0.3) is 43.1 Å². The maximum Gasteiger partial charge on any atom is 0.330 e. The van der Waals surface area contributed by atoms with Crippen LogP contribution in [0.2, 0.25) is 0 Å². The molecule has 1 fully saturated rings. The van der Waals surface area contributed by atoms with Crippen LogP contribution in [0, 0.1) is 11.8 Å². The monoisotopic (exact) mass is 546 g/mol. The van der Waals surface area contributed by atoms with E-state index in [9.17, 15) is 19.8 Å². The minimum atomic E-state index is -0.912. The number of hydrogen-bond acceptors (Lipinski definition) is 6. The molecule has 8 heteroatoms. The average molecular weight is 547 g/mol. The number of fused-ring (bicyclic) bond motifs is 2. The standard InChI is InChI=1S/C33H26N2O6/c36-17-28-27(37)15-29(41-28)35-16-20(32(38)34-33(35)39)7-4-14-40-18-21-12-13-26-24-10-2-6-19-5-1-9-23(30(19)24)25-11-3-8-22(21)31(25)26/h1-3,5-6,8-13,16,27-29,36-37H,14-15,17-18H2,(H,34,38,39)/t27?,28-,29-/m0/s1. The van der Waals surface area contributed by atoms with Crippen molar-refractivity contribution in [3.8, 4) is 11.8 Å². The zero-order chi connectivity index (χ0) is 28.1. The minimum absolute atomic E-state index is 0.0770. The fourth-order valence-corrected chi connectivity index (χ4v) is 6.01. The van der Waals surface area contributed by atoms with Gasteiger partial charge in [0, 0.05) is 12.6 Å². The number of aromatic amines is 1. The lowest BCUT2D eigenvalue weighted by Gasteiger charge is -2.16. The fraction of sp³-hybridized carbons (Fsp3) is 0.212. The van der Waals surface area contributed by atoms with Gasteiger partial charge < -0.3 is 19.7 Å².